The van der Waals surface area contributed by atoms with Crippen molar-refractivity contribution in [1.82, 2.24) is 10.6 Å². The average Bonchev–Trinajstić information content (AvgIpc) is 3.53. The van der Waals surface area contributed by atoms with Gasteiger partial charge in [0.25, 0.3) is 0 Å². The molecular formula is C25H30N2O5. The molecule has 2 fully saturated rings. The quantitative estimate of drug-likeness (QED) is 0.596. The first-order chi connectivity index (χ1) is 15.6. The number of hydrogen-bond acceptors (Lipinski definition) is 7. The van der Waals surface area contributed by atoms with E-state index in [9.17, 15) is 9.90 Å². The Labute approximate surface area is 188 Å². The van der Waals surface area contributed by atoms with E-state index in [4.69, 9.17) is 14.2 Å². The van der Waals surface area contributed by atoms with Crippen LogP contribution < -0.4 is 24.8 Å². The number of aromatic hydroxyl groups is 1. The second kappa shape index (κ2) is 9.00. The number of fused-ring (bicyclic) bond motifs is 1. The molecule has 2 aromatic rings. The summed E-state index contributed by atoms with van der Waals surface area (Å²) >= 11 is 0. The largest absolute Gasteiger partial charge is 0.504 e. The molecule has 2 aromatic carbocycles. The molecule has 0 radical (unpaired) electrons. The Morgan fingerprint density at radius 1 is 1.06 bits per heavy atom. The van der Waals surface area contributed by atoms with Crippen molar-refractivity contribution in [2.45, 2.75) is 56.4 Å². The number of rotatable bonds is 6. The first-order valence-electron chi connectivity index (χ1n) is 11.5. The van der Waals surface area contributed by atoms with Crippen molar-refractivity contribution >= 4 is 5.78 Å². The number of hydrogen-bond donors (Lipinski definition) is 3. The van der Waals surface area contributed by atoms with Crippen molar-refractivity contribution < 1.29 is 24.1 Å². The third-order valence-electron chi connectivity index (χ3n) is 6.70. The van der Waals surface area contributed by atoms with Gasteiger partial charge in [-0.3, -0.25) is 4.79 Å². The first-order valence-corrected chi connectivity index (χ1v) is 11.5. The Morgan fingerprint density at radius 3 is 2.66 bits per heavy atom. The van der Waals surface area contributed by atoms with Crippen LogP contribution in [0.25, 0.3) is 0 Å². The summed E-state index contributed by atoms with van der Waals surface area (Å²) in [6, 6.07) is 11.1. The van der Waals surface area contributed by atoms with Crippen molar-refractivity contribution in [1.29, 1.82) is 0 Å². The molecule has 4 atom stereocenters. The molecule has 0 bridgehead atoms. The van der Waals surface area contributed by atoms with Crippen LogP contribution in [0.5, 0.6) is 23.0 Å². The minimum absolute atomic E-state index is 0.0869. The van der Waals surface area contributed by atoms with E-state index in [1.54, 1.807) is 12.1 Å². The van der Waals surface area contributed by atoms with Gasteiger partial charge in [-0.05, 0) is 69.1 Å². The topological polar surface area (TPSA) is 89.1 Å². The van der Waals surface area contributed by atoms with Gasteiger partial charge in [-0.2, -0.15) is 0 Å². The predicted octanol–water partition coefficient (Wildman–Crippen LogP) is 3.36. The molecule has 0 unspecified atom stereocenters. The Balaban J connectivity index is 1.43. The fourth-order valence-electron chi connectivity index (χ4n) is 4.97. The molecule has 0 saturated carbocycles. The van der Waals surface area contributed by atoms with E-state index in [1.807, 2.05) is 24.3 Å². The highest BCUT2D eigenvalue weighted by molar-refractivity contribution is 5.97. The van der Waals surface area contributed by atoms with E-state index in [0.29, 0.717) is 29.2 Å². The zero-order valence-electron chi connectivity index (χ0n) is 18.3. The van der Waals surface area contributed by atoms with Crippen molar-refractivity contribution in [3.63, 3.8) is 0 Å². The van der Waals surface area contributed by atoms with Crippen LogP contribution in [0.4, 0.5) is 0 Å². The molecule has 0 amide bonds. The van der Waals surface area contributed by atoms with Crippen molar-refractivity contribution in [3.05, 3.63) is 47.5 Å². The lowest BCUT2D eigenvalue weighted by molar-refractivity contribution is 0.000799. The Bertz CT molecular complexity index is 982. The molecule has 3 N–H and O–H groups in total. The molecule has 0 spiro atoms. The van der Waals surface area contributed by atoms with E-state index < -0.39 is 0 Å². The fraction of sp³-hybridized carbons (Fsp3) is 0.480. The normalized spacial score (nSPS) is 26.8. The van der Waals surface area contributed by atoms with Crippen LogP contribution >= 0.6 is 0 Å². The molecule has 0 aliphatic carbocycles. The first kappa shape index (κ1) is 21.1. The van der Waals surface area contributed by atoms with Crippen molar-refractivity contribution in [3.8, 4) is 23.0 Å². The number of nitrogens with one attached hydrogen (secondary N) is 2. The average molecular weight is 439 g/mol. The lowest BCUT2D eigenvalue weighted by atomic mass is 9.95. The number of phenols is 1. The highest BCUT2D eigenvalue weighted by atomic mass is 16.6. The Kier molecular flexibility index (Phi) is 5.93. The summed E-state index contributed by atoms with van der Waals surface area (Å²) in [5.74, 6) is 1.83. The molecule has 0 aromatic heterocycles. The summed E-state index contributed by atoms with van der Waals surface area (Å²) in [6.07, 6.45) is 4.11. The van der Waals surface area contributed by atoms with Gasteiger partial charge in [-0.15, -0.1) is 0 Å². The van der Waals surface area contributed by atoms with E-state index in [2.05, 4.69) is 10.6 Å². The summed E-state index contributed by atoms with van der Waals surface area (Å²) < 4.78 is 18.2. The van der Waals surface area contributed by atoms with Gasteiger partial charge in [0, 0.05) is 29.6 Å². The molecule has 3 aliphatic rings. The zero-order chi connectivity index (χ0) is 22.1. The number of phenolic OH excluding ortho intramolecular Hbond substituents is 1. The molecular weight excluding hydrogens is 408 g/mol. The summed E-state index contributed by atoms with van der Waals surface area (Å²) in [4.78, 5) is 12.8. The maximum atomic E-state index is 12.8. The minimum Gasteiger partial charge on any atom is -0.504 e. The lowest BCUT2D eigenvalue weighted by Gasteiger charge is -2.37. The highest BCUT2D eigenvalue weighted by Gasteiger charge is 2.40. The summed E-state index contributed by atoms with van der Waals surface area (Å²) in [6.45, 7) is 1.93. The lowest BCUT2D eigenvalue weighted by Crippen LogP contribution is -2.46. The molecule has 3 heterocycles. The number of ketones is 1. The van der Waals surface area contributed by atoms with Crippen LogP contribution in [-0.4, -0.2) is 49.3 Å². The van der Waals surface area contributed by atoms with E-state index in [-0.39, 0.29) is 35.8 Å². The van der Waals surface area contributed by atoms with Crippen LogP contribution in [0.3, 0.4) is 0 Å². The second-order valence-electron chi connectivity index (χ2n) is 8.84. The Morgan fingerprint density at radius 2 is 1.91 bits per heavy atom. The van der Waals surface area contributed by atoms with Gasteiger partial charge in [0.05, 0.1) is 7.11 Å². The molecule has 3 aliphatic heterocycles. The fourth-order valence-corrected chi connectivity index (χ4v) is 4.97. The monoisotopic (exact) mass is 438 g/mol. The van der Waals surface area contributed by atoms with Crippen LogP contribution in [0.2, 0.25) is 0 Å². The number of carbonyl (C=O) groups is 1. The molecule has 5 rings (SSSR count). The molecule has 7 heteroatoms. The zero-order valence-corrected chi connectivity index (χ0v) is 18.3. The molecule has 32 heavy (non-hydrogen) atoms. The third kappa shape index (κ3) is 4.14. The Hall–Kier alpha value is -2.77. The second-order valence-corrected chi connectivity index (χ2v) is 8.84. The number of methoxy groups -OCH3 is 1. The summed E-state index contributed by atoms with van der Waals surface area (Å²) in [5, 5.41) is 16.9. The smallest absolute Gasteiger partial charge is 0.164 e. The van der Waals surface area contributed by atoms with Gasteiger partial charge in [-0.1, -0.05) is 6.07 Å². The van der Waals surface area contributed by atoms with E-state index >= 15 is 0 Å². The maximum absolute atomic E-state index is 12.8. The standard InChI is InChI=1S/C25H30N2O5/c1-30-22-13-16(6-8-19(22)28)24-25(18-5-3-11-27-18)32-23-12-15(7-9-21(23)31-24)20(29)14-17-4-2-10-26-17/h6-9,12-13,17-18,24-28H,2-5,10-11,14H2,1H3/t17-,18-,24+,25+/m1/s1. The summed E-state index contributed by atoms with van der Waals surface area (Å²) in [5.41, 5.74) is 1.53. The molecule has 2 saturated heterocycles. The maximum Gasteiger partial charge on any atom is 0.164 e. The van der Waals surface area contributed by atoms with E-state index in [1.165, 1.54) is 7.11 Å². The van der Waals surface area contributed by atoms with Crippen LogP contribution in [0, 0.1) is 0 Å². The number of Topliss-reactive ketones (excluding diaryl/α,β-unsaturated/α-hetero) is 1. The number of ether oxygens (including phenoxy) is 3. The predicted molar refractivity (Wildman–Crippen MR) is 120 cm³/mol. The SMILES string of the molecule is COc1cc([C@@H]2Oc3ccc(C(=O)C[C@H]4CCCN4)cc3O[C@H]2[C@H]2CCCN2)ccc1O. The van der Waals surface area contributed by atoms with E-state index in [0.717, 1.165) is 44.3 Å². The third-order valence-corrected chi connectivity index (χ3v) is 6.70. The number of benzene rings is 2. The van der Waals surface area contributed by atoms with Gasteiger partial charge in [-0.25, -0.2) is 0 Å². The van der Waals surface area contributed by atoms with Crippen LogP contribution in [0.1, 0.15) is 54.1 Å². The van der Waals surface area contributed by atoms with Gasteiger partial charge >= 0.3 is 0 Å². The summed E-state index contributed by atoms with van der Waals surface area (Å²) in [7, 11) is 1.53. The van der Waals surface area contributed by atoms with Gasteiger partial charge < -0.3 is 30.0 Å². The van der Waals surface area contributed by atoms with Gasteiger partial charge in [0.2, 0.25) is 0 Å². The van der Waals surface area contributed by atoms with Crippen molar-refractivity contribution in [2.75, 3.05) is 20.2 Å². The van der Waals surface area contributed by atoms with Crippen LogP contribution in [-0.2, 0) is 0 Å². The molecule has 7 nitrogen and oxygen atoms in total. The van der Waals surface area contributed by atoms with Crippen molar-refractivity contribution in [2.24, 2.45) is 0 Å². The highest BCUT2D eigenvalue weighted by Crippen LogP contribution is 2.43. The van der Waals surface area contributed by atoms with Gasteiger partial charge in [0.15, 0.2) is 41.0 Å². The van der Waals surface area contributed by atoms with Gasteiger partial charge in [0.1, 0.15) is 0 Å². The molecule has 170 valence electrons. The number of carbonyl (C=O) groups excluding carboxylic acids is 1. The van der Waals surface area contributed by atoms with Crippen LogP contribution in [0.15, 0.2) is 36.4 Å². The minimum atomic E-state index is -0.364.